The molecule has 1 aliphatic rings. The van der Waals surface area contributed by atoms with Gasteiger partial charge in [-0.25, -0.2) is 0 Å². The van der Waals surface area contributed by atoms with Gasteiger partial charge in [-0.1, -0.05) is 32.0 Å². The highest BCUT2D eigenvalue weighted by Crippen LogP contribution is 2.23. The molecule has 1 aromatic carbocycles. The minimum absolute atomic E-state index is 0.0707. The van der Waals surface area contributed by atoms with E-state index in [4.69, 9.17) is 4.74 Å². The van der Waals surface area contributed by atoms with E-state index in [1.165, 1.54) is 12.4 Å². The van der Waals surface area contributed by atoms with E-state index in [2.05, 4.69) is 29.5 Å². The van der Waals surface area contributed by atoms with Gasteiger partial charge in [0.15, 0.2) is 0 Å². The summed E-state index contributed by atoms with van der Waals surface area (Å²) in [4.78, 5) is 29.3. The van der Waals surface area contributed by atoms with E-state index in [0.717, 1.165) is 49.1 Å². The summed E-state index contributed by atoms with van der Waals surface area (Å²) in [5, 5.41) is 5.87. The van der Waals surface area contributed by atoms with Crippen molar-refractivity contribution in [3.8, 4) is 0 Å². The number of nitrogens with zero attached hydrogens (tertiary/aromatic N) is 1. The predicted molar refractivity (Wildman–Crippen MR) is 109 cm³/mol. The Hall–Kier alpha value is -2.73. The molecule has 1 fully saturated rings. The fraction of sp³-hybridized carbons (Fsp3) is 0.409. The van der Waals surface area contributed by atoms with Crippen LogP contribution < -0.4 is 10.6 Å². The van der Waals surface area contributed by atoms with Gasteiger partial charge in [-0.05, 0) is 42.9 Å². The molecule has 1 atom stereocenters. The fourth-order valence-corrected chi connectivity index (χ4v) is 3.39. The molecule has 28 heavy (non-hydrogen) atoms. The molecule has 6 heteroatoms. The Kier molecular flexibility index (Phi) is 6.76. The number of amides is 2. The van der Waals surface area contributed by atoms with Gasteiger partial charge in [0, 0.05) is 31.2 Å². The van der Waals surface area contributed by atoms with Crippen molar-refractivity contribution in [2.75, 3.05) is 18.5 Å². The number of carbonyl (C=O) groups excluding carboxylic acids is 2. The summed E-state index contributed by atoms with van der Waals surface area (Å²) in [6.07, 6.45) is 6.65. The van der Waals surface area contributed by atoms with Crippen LogP contribution in [0.15, 0.2) is 36.7 Å². The van der Waals surface area contributed by atoms with Crippen LogP contribution in [-0.4, -0.2) is 36.1 Å². The summed E-state index contributed by atoms with van der Waals surface area (Å²) >= 11 is 0. The highest BCUT2D eigenvalue weighted by Gasteiger charge is 2.18. The molecule has 0 bridgehead atoms. The lowest BCUT2D eigenvalue weighted by atomic mass is 10.0. The summed E-state index contributed by atoms with van der Waals surface area (Å²) in [5.41, 5.74) is 3.76. The lowest BCUT2D eigenvalue weighted by Gasteiger charge is -2.15. The van der Waals surface area contributed by atoms with Gasteiger partial charge in [-0.3, -0.25) is 14.6 Å². The van der Waals surface area contributed by atoms with Crippen molar-refractivity contribution in [3.05, 3.63) is 58.9 Å². The highest BCUT2D eigenvalue weighted by atomic mass is 16.5. The van der Waals surface area contributed by atoms with Crippen LogP contribution >= 0.6 is 0 Å². The number of nitrogens with one attached hydrogen (secondary N) is 2. The van der Waals surface area contributed by atoms with E-state index in [-0.39, 0.29) is 17.9 Å². The second kappa shape index (κ2) is 9.46. The maximum Gasteiger partial charge on any atom is 0.257 e. The Bertz CT molecular complexity index is 822. The van der Waals surface area contributed by atoms with Crippen LogP contribution in [0.5, 0.6) is 0 Å². The summed E-state index contributed by atoms with van der Waals surface area (Å²) in [5.74, 6) is -0.516. The first kappa shape index (κ1) is 20.0. The molecule has 0 saturated carbocycles. The second-order valence-electron chi connectivity index (χ2n) is 6.92. The third-order valence-corrected chi connectivity index (χ3v) is 5.01. The SMILES string of the molecule is CCc1cccc(CC)c1NC(=O)c1cncc(C(=O)NCC2CCCO2)c1. The molecule has 2 aromatic rings. The van der Waals surface area contributed by atoms with E-state index >= 15 is 0 Å². The predicted octanol–water partition coefficient (Wildman–Crippen LogP) is 3.37. The number of aryl methyl sites for hydroxylation is 2. The van der Waals surface area contributed by atoms with Crippen molar-refractivity contribution in [2.45, 2.75) is 45.6 Å². The first-order chi connectivity index (χ1) is 13.6. The zero-order chi connectivity index (χ0) is 19.9. The molecule has 2 heterocycles. The van der Waals surface area contributed by atoms with Crippen molar-refractivity contribution in [1.29, 1.82) is 0 Å². The minimum atomic E-state index is -0.267. The van der Waals surface area contributed by atoms with E-state index in [1.54, 1.807) is 6.07 Å². The summed E-state index contributed by atoms with van der Waals surface area (Å²) in [6, 6.07) is 7.62. The van der Waals surface area contributed by atoms with E-state index in [9.17, 15) is 9.59 Å². The summed E-state index contributed by atoms with van der Waals surface area (Å²) in [7, 11) is 0. The maximum atomic E-state index is 12.8. The van der Waals surface area contributed by atoms with Crippen LogP contribution in [0.1, 0.15) is 58.5 Å². The van der Waals surface area contributed by atoms with Crippen molar-refractivity contribution >= 4 is 17.5 Å². The number of carbonyl (C=O) groups is 2. The van der Waals surface area contributed by atoms with Crippen LogP contribution in [0, 0.1) is 0 Å². The Balaban J connectivity index is 1.71. The summed E-state index contributed by atoms with van der Waals surface area (Å²) < 4.78 is 5.52. The van der Waals surface area contributed by atoms with Crippen LogP contribution in [0.25, 0.3) is 0 Å². The summed E-state index contributed by atoms with van der Waals surface area (Å²) in [6.45, 7) is 5.34. The van der Waals surface area contributed by atoms with Crippen molar-refractivity contribution in [2.24, 2.45) is 0 Å². The van der Waals surface area contributed by atoms with Crippen LogP contribution in [0.2, 0.25) is 0 Å². The Morgan fingerprint density at radius 2 is 1.79 bits per heavy atom. The fourth-order valence-electron chi connectivity index (χ4n) is 3.39. The molecule has 0 aliphatic carbocycles. The van der Waals surface area contributed by atoms with E-state index in [0.29, 0.717) is 17.7 Å². The minimum Gasteiger partial charge on any atom is -0.376 e. The number of benzene rings is 1. The highest BCUT2D eigenvalue weighted by molar-refractivity contribution is 6.06. The Morgan fingerprint density at radius 3 is 2.39 bits per heavy atom. The molecule has 148 valence electrons. The number of para-hydroxylation sites is 1. The average molecular weight is 381 g/mol. The molecule has 2 N–H and O–H groups in total. The first-order valence-electron chi connectivity index (χ1n) is 9.89. The molecule has 3 rings (SSSR count). The number of aromatic nitrogens is 1. The number of ether oxygens (including phenoxy) is 1. The normalized spacial score (nSPS) is 16.0. The molecule has 0 spiro atoms. The van der Waals surface area contributed by atoms with Crippen molar-refractivity contribution < 1.29 is 14.3 Å². The van der Waals surface area contributed by atoms with E-state index < -0.39 is 0 Å². The zero-order valence-electron chi connectivity index (χ0n) is 16.5. The largest absolute Gasteiger partial charge is 0.376 e. The zero-order valence-corrected chi connectivity index (χ0v) is 16.5. The monoisotopic (exact) mass is 381 g/mol. The van der Waals surface area contributed by atoms with Crippen LogP contribution in [0.4, 0.5) is 5.69 Å². The van der Waals surface area contributed by atoms with Crippen molar-refractivity contribution in [3.63, 3.8) is 0 Å². The number of rotatable bonds is 7. The molecule has 1 unspecified atom stereocenters. The van der Waals surface area contributed by atoms with E-state index in [1.807, 2.05) is 18.2 Å². The molecule has 1 aromatic heterocycles. The van der Waals surface area contributed by atoms with Gasteiger partial charge < -0.3 is 15.4 Å². The number of hydrogen-bond donors (Lipinski definition) is 2. The average Bonchev–Trinajstić information content (AvgIpc) is 3.25. The van der Waals surface area contributed by atoms with Gasteiger partial charge in [0.05, 0.1) is 17.2 Å². The van der Waals surface area contributed by atoms with Gasteiger partial charge in [-0.15, -0.1) is 0 Å². The molecular formula is C22H27N3O3. The molecule has 1 aliphatic heterocycles. The number of anilines is 1. The van der Waals surface area contributed by atoms with Crippen molar-refractivity contribution in [1.82, 2.24) is 10.3 Å². The van der Waals surface area contributed by atoms with Crippen LogP contribution in [0.3, 0.4) is 0 Å². The number of pyridine rings is 1. The quantitative estimate of drug-likeness (QED) is 0.771. The molecule has 1 saturated heterocycles. The second-order valence-corrected chi connectivity index (χ2v) is 6.92. The molecule has 0 radical (unpaired) electrons. The lowest BCUT2D eigenvalue weighted by molar-refractivity contribution is 0.0857. The van der Waals surface area contributed by atoms with Gasteiger partial charge in [0.1, 0.15) is 0 Å². The third-order valence-electron chi connectivity index (χ3n) is 5.01. The molecular weight excluding hydrogens is 354 g/mol. The maximum absolute atomic E-state index is 12.8. The first-order valence-corrected chi connectivity index (χ1v) is 9.89. The standard InChI is InChI=1S/C22H27N3O3/c1-3-15-7-5-8-16(4-2)20(15)25-22(27)18-11-17(12-23-13-18)21(26)24-14-19-9-6-10-28-19/h5,7-8,11-13,19H,3-4,6,9-10,14H2,1-2H3,(H,24,26)(H,25,27). The Labute approximate surface area is 165 Å². The Morgan fingerprint density at radius 1 is 1.11 bits per heavy atom. The van der Waals surface area contributed by atoms with Crippen LogP contribution in [-0.2, 0) is 17.6 Å². The lowest BCUT2D eigenvalue weighted by Crippen LogP contribution is -2.32. The van der Waals surface area contributed by atoms with Gasteiger partial charge in [0.25, 0.3) is 11.8 Å². The van der Waals surface area contributed by atoms with Gasteiger partial charge in [-0.2, -0.15) is 0 Å². The molecule has 6 nitrogen and oxygen atoms in total. The number of hydrogen-bond acceptors (Lipinski definition) is 4. The smallest absolute Gasteiger partial charge is 0.257 e. The van der Waals surface area contributed by atoms with Gasteiger partial charge in [0.2, 0.25) is 0 Å². The third kappa shape index (κ3) is 4.75. The topological polar surface area (TPSA) is 80.3 Å². The molecule has 2 amide bonds. The van der Waals surface area contributed by atoms with Gasteiger partial charge >= 0.3 is 0 Å².